The lowest BCUT2D eigenvalue weighted by atomic mass is 10.0. The van der Waals surface area contributed by atoms with Gasteiger partial charge in [0.25, 0.3) is 0 Å². The van der Waals surface area contributed by atoms with Gasteiger partial charge in [-0.1, -0.05) is 25.8 Å². The minimum atomic E-state index is -1.25. The average Bonchev–Trinajstić information content (AvgIpc) is 3.19. The molecule has 0 aromatic heterocycles. The number of hydrogen-bond acceptors (Lipinski definition) is 5. The number of allylic oxidation sites excluding steroid dienone is 2. The fraction of sp³-hybridized carbons (Fsp3) is 0.667. The lowest BCUT2D eigenvalue weighted by Gasteiger charge is -2.10. The molecule has 112 valence electrons. The summed E-state index contributed by atoms with van der Waals surface area (Å²) >= 11 is 0. The van der Waals surface area contributed by atoms with Crippen molar-refractivity contribution in [1.82, 2.24) is 0 Å². The molecule has 0 aliphatic heterocycles. The first-order chi connectivity index (χ1) is 9.52. The van der Waals surface area contributed by atoms with Crippen LogP contribution in [0.2, 0.25) is 0 Å². The number of methoxy groups -OCH3 is 2. The molecule has 1 saturated carbocycles. The first kappa shape index (κ1) is 16.4. The fourth-order valence-electron chi connectivity index (χ4n) is 2.29. The van der Waals surface area contributed by atoms with Crippen LogP contribution in [0.25, 0.3) is 0 Å². The third-order valence-corrected chi connectivity index (χ3v) is 3.66. The van der Waals surface area contributed by atoms with E-state index in [9.17, 15) is 14.4 Å². The van der Waals surface area contributed by atoms with E-state index in [1.54, 1.807) is 6.08 Å². The normalized spacial score (nSPS) is 19.6. The summed E-state index contributed by atoms with van der Waals surface area (Å²) in [5.41, 5.74) is -1.25. The molecule has 5 nitrogen and oxygen atoms in total. The van der Waals surface area contributed by atoms with Crippen LogP contribution in [0.1, 0.15) is 39.0 Å². The van der Waals surface area contributed by atoms with Gasteiger partial charge >= 0.3 is 11.9 Å². The molecule has 0 radical (unpaired) electrons. The van der Waals surface area contributed by atoms with Crippen molar-refractivity contribution in [2.45, 2.75) is 39.0 Å². The number of esters is 2. The Morgan fingerprint density at radius 2 is 1.75 bits per heavy atom. The summed E-state index contributed by atoms with van der Waals surface area (Å²) in [6.45, 7) is 2.07. The highest BCUT2D eigenvalue weighted by atomic mass is 16.5. The monoisotopic (exact) mass is 282 g/mol. The molecule has 0 bridgehead atoms. The average molecular weight is 282 g/mol. The van der Waals surface area contributed by atoms with Crippen molar-refractivity contribution in [2.24, 2.45) is 11.3 Å². The Hall–Kier alpha value is -1.65. The number of carbonyl (C=O) groups is 3. The van der Waals surface area contributed by atoms with E-state index in [4.69, 9.17) is 0 Å². The van der Waals surface area contributed by atoms with Gasteiger partial charge in [-0.2, -0.15) is 0 Å². The zero-order valence-corrected chi connectivity index (χ0v) is 12.3. The topological polar surface area (TPSA) is 69.7 Å². The molecule has 1 aliphatic carbocycles. The van der Waals surface area contributed by atoms with Gasteiger partial charge in [0.05, 0.1) is 14.2 Å². The van der Waals surface area contributed by atoms with E-state index in [0.717, 1.165) is 19.3 Å². The number of rotatable bonds is 8. The van der Waals surface area contributed by atoms with Crippen LogP contribution >= 0.6 is 0 Å². The highest BCUT2D eigenvalue weighted by molar-refractivity contribution is 6.04. The van der Waals surface area contributed by atoms with Crippen molar-refractivity contribution < 1.29 is 23.9 Å². The number of carbonyl (C=O) groups excluding carboxylic acids is 3. The van der Waals surface area contributed by atoms with Crippen LogP contribution in [-0.4, -0.2) is 31.9 Å². The molecule has 1 atom stereocenters. The fourth-order valence-corrected chi connectivity index (χ4v) is 2.29. The maximum Gasteiger partial charge on any atom is 0.323 e. The van der Waals surface area contributed by atoms with Gasteiger partial charge in [-0.05, 0) is 18.9 Å². The predicted octanol–water partition coefficient (Wildman–Crippen LogP) is 2.04. The molecule has 1 fully saturated rings. The largest absolute Gasteiger partial charge is 0.468 e. The van der Waals surface area contributed by atoms with E-state index in [2.05, 4.69) is 16.4 Å². The third-order valence-electron chi connectivity index (χ3n) is 3.66. The highest BCUT2D eigenvalue weighted by Crippen LogP contribution is 2.55. The SMILES string of the molecule is CCCCCC(=O)/C=C/C1CC1(C(=O)OC)C(=O)OC. The van der Waals surface area contributed by atoms with Crippen LogP contribution < -0.4 is 0 Å². The quantitative estimate of drug-likeness (QED) is 0.295. The summed E-state index contributed by atoms with van der Waals surface area (Å²) in [4.78, 5) is 35.1. The molecule has 0 aromatic rings. The summed E-state index contributed by atoms with van der Waals surface area (Å²) in [6, 6.07) is 0. The predicted molar refractivity (Wildman–Crippen MR) is 72.9 cm³/mol. The number of ether oxygens (including phenoxy) is 2. The Morgan fingerprint density at radius 1 is 1.15 bits per heavy atom. The molecule has 5 heteroatoms. The van der Waals surface area contributed by atoms with Crippen LogP contribution in [0.4, 0.5) is 0 Å². The summed E-state index contributed by atoms with van der Waals surface area (Å²) in [7, 11) is 2.48. The lowest BCUT2D eigenvalue weighted by molar-refractivity contribution is -0.161. The van der Waals surface area contributed by atoms with Crippen molar-refractivity contribution in [3.8, 4) is 0 Å². The van der Waals surface area contributed by atoms with Gasteiger partial charge in [0, 0.05) is 12.3 Å². The molecule has 0 aromatic carbocycles. The van der Waals surface area contributed by atoms with Crippen molar-refractivity contribution in [1.29, 1.82) is 0 Å². The molecular formula is C15H22O5. The Morgan fingerprint density at radius 3 is 2.25 bits per heavy atom. The molecule has 0 saturated heterocycles. The van der Waals surface area contributed by atoms with Gasteiger partial charge in [0.1, 0.15) is 0 Å². The van der Waals surface area contributed by atoms with Crippen molar-refractivity contribution in [2.75, 3.05) is 14.2 Å². The Balaban J connectivity index is 2.59. The van der Waals surface area contributed by atoms with Crippen LogP contribution in [0.3, 0.4) is 0 Å². The first-order valence-electron chi connectivity index (χ1n) is 6.90. The van der Waals surface area contributed by atoms with Gasteiger partial charge in [0.15, 0.2) is 11.2 Å². The zero-order valence-electron chi connectivity index (χ0n) is 12.3. The molecule has 1 aliphatic rings. The lowest BCUT2D eigenvalue weighted by Crippen LogP contribution is -2.30. The van der Waals surface area contributed by atoms with Gasteiger partial charge in [-0.15, -0.1) is 0 Å². The summed E-state index contributed by atoms with van der Waals surface area (Å²) in [6.07, 6.45) is 6.88. The number of ketones is 1. The van der Waals surface area contributed by atoms with E-state index >= 15 is 0 Å². The second-order valence-electron chi connectivity index (χ2n) is 5.05. The van der Waals surface area contributed by atoms with Crippen LogP contribution in [0, 0.1) is 11.3 Å². The Labute approximate surface area is 119 Å². The second kappa shape index (κ2) is 7.22. The number of unbranched alkanes of at least 4 members (excludes halogenated alkanes) is 2. The molecule has 0 N–H and O–H groups in total. The molecule has 1 rings (SSSR count). The minimum Gasteiger partial charge on any atom is -0.468 e. The van der Waals surface area contributed by atoms with E-state index in [1.165, 1.54) is 20.3 Å². The van der Waals surface area contributed by atoms with Gasteiger partial charge in [-0.25, -0.2) is 0 Å². The van der Waals surface area contributed by atoms with Gasteiger partial charge in [-0.3, -0.25) is 14.4 Å². The molecule has 0 amide bonds. The van der Waals surface area contributed by atoms with Gasteiger partial charge < -0.3 is 9.47 Å². The maximum atomic E-state index is 11.7. The maximum absolute atomic E-state index is 11.7. The van der Waals surface area contributed by atoms with E-state index in [0.29, 0.717) is 12.8 Å². The van der Waals surface area contributed by atoms with E-state index < -0.39 is 17.4 Å². The zero-order chi connectivity index (χ0) is 15.2. The summed E-state index contributed by atoms with van der Waals surface area (Å²) in [5, 5.41) is 0. The van der Waals surface area contributed by atoms with Gasteiger partial charge in [0.2, 0.25) is 0 Å². The first-order valence-corrected chi connectivity index (χ1v) is 6.90. The van der Waals surface area contributed by atoms with Crippen LogP contribution in [0.5, 0.6) is 0 Å². The standard InChI is InChI=1S/C15H22O5/c1-4-5-6-7-12(16)9-8-11-10-15(11,13(17)19-2)14(18)20-3/h8-9,11H,4-7,10H2,1-3H3/b9-8+. The van der Waals surface area contributed by atoms with Crippen LogP contribution in [0.15, 0.2) is 12.2 Å². The van der Waals surface area contributed by atoms with Crippen LogP contribution in [-0.2, 0) is 23.9 Å². The van der Waals surface area contributed by atoms with Crippen molar-refractivity contribution in [3.63, 3.8) is 0 Å². The summed E-state index contributed by atoms with van der Waals surface area (Å²) in [5.74, 6) is -1.48. The minimum absolute atomic E-state index is 0.0222. The van der Waals surface area contributed by atoms with Crippen molar-refractivity contribution >= 4 is 17.7 Å². The smallest absolute Gasteiger partial charge is 0.323 e. The molecular weight excluding hydrogens is 260 g/mol. The molecule has 1 unspecified atom stereocenters. The Bertz CT molecular complexity index is 394. The van der Waals surface area contributed by atoms with Crippen molar-refractivity contribution in [3.05, 3.63) is 12.2 Å². The second-order valence-corrected chi connectivity index (χ2v) is 5.05. The number of hydrogen-bond donors (Lipinski definition) is 0. The molecule has 0 heterocycles. The third kappa shape index (κ3) is 3.46. The Kier molecular flexibility index (Phi) is 5.92. The molecule has 20 heavy (non-hydrogen) atoms. The van der Waals surface area contributed by atoms with E-state index in [-0.39, 0.29) is 11.7 Å². The molecule has 0 spiro atoms. The summed E-state index contributed by atoms with van der Waals surface area (Å²) < 4.78 is 9.32. The van der Waals surface area contributed by atoms with E-state index in [1.807, 2.05) is 0 Å². The highest BCUT2D eigenvalue weighted by Gasteiger charge is 2.66.